The minimum atomic E-state index is -1.68. The molecule has 0 bridgehead atoms. The minimum Gasteiger partial charge on any atom is -0.426 e. The molecule has 1 aromatic rings. The van der Waals surface area contributed by atoms with Gasteiger partial charge in [-0.1, -0.05) is 34.6 Å². The highest BCUT2D eigenvalue weighted by Crippen LogP contribution is 2.27. The maximum Gasteiger partial charge on any atom is 0.475 e. The van der Waals surface area contributed by atoms with Crippen molar-refractivity contribution in [2.45, 2.75) is 71.9 Å². The van der Waals surface area contributed by atoms with Crippen LogP contribution in [-0.2, 0) is 9.59 Å². The SMILES string of the molecule is CC(C)C[C@H](NC(=O)[C@H](CC(C)(C)C)NC(=O)[C@@H]1CCN1c1ccc(F)cc1)B(O)O. The quantitative estimate of drug-likeness (QED) is 0.444. The molecule has 172 valence electrons. The molecular formula is C22H35BFN3O4. The number of amides is 2. The number of hydrogen-bond acceptors (Lipinski definition) is 5. The average molecular weight is 435 g/mol. The molecule has 0 radical (unpaired) electrons. The summed E-state index contributed by atoms with van der Waals surface area (Å²) < 4.78 is 13.2. The fraction of sp³-hybridized carbons (Fsp3) is 0.636. The second kappa shape index (κ2) is 10.5. The van der Waals surface area contributed by atoms with E-state index in [4.69, 9.17) is 0 Å². The van der Waals surface area contributed by atoms with E-state index in [1.165, 1.54) is 12.1 Å². The van der Waals surface area contributed by atoms with Crippen LogP contribution in [0.1, 0.15) is 53.9 Å². The Balaban J connectivity index is 2.09. The van der Waals surface area contributed by atoms with Crippen molar-refractivity contribution in [3.8, 4) is 0 Å². The number of carbonyl (C=O) groups excluding carboxylic acids is 2. The molecule has 0 aliphatic carbocycles. The Morgan fingerprint density at radius 1 is 1.19 bits per heavy atom. The fourth-order valence-electron chi connectivity index (χ4n) is 3.74. The van der Waals surface area contributed by atoms with Gasteiger partial charge in [-0.2, -0.15) is 0 Å². The molecule has 2 rings (SSSR count). The van der Waals surface area contributed by atoms with Gasteiger partial charge in [0.05, 0.1) is 5.94 Å². The zero-order valence-corrected chi connectivity index (χ0v) is 19.1. The summed E-state index contributed by atoms with van der Waals surface area (Å²) in [5.74, 6) is -1.71. The van der Waals surface area contributed by atoms with E-state index in [0.717, 1.165) is 5.69 Å². The van der Waals surface area contributed by atoms with Crippen molar-refractivity contribution in [1.82, 2.24) is 10.6 Å². The topological polar surface area (TPSA) is 102 Å². The Hall–Kier alpha value is -2.13. The zero-order valence-electron chi connectivity index (χ0n) is 19.1. The third-order valence-electron chi connectivity index (χ3n) is 5.34. The number of anilines is 1. The first kappa shape index (κ1) is 25.1. The number of rotatable bonds is 9. The molecule has 7 nitrogen and oxygen atoms in total. The van der Waals surface area contributed by atoms with E-state index in [9.17, 15) is 24.0 Å². The summed E-state index contributed by atoms with van der Waals surface area (Å²) in [5.41, 5.74) is 0.515. The Bertz CT molecular complexity index is 752. The molecule has 0 aromatic heterocycles. The summed E-state index contributed by atoms with van der Waals surface area (Å²) >= 11 is 0. The number of carbonyl (C=O) groups is 2. The Labute approximate surface area is 184 Å². The van der Waals surface area contributed by atoms with Crippen LogP contribution < -0.4 is 15.5 Å². The van der Waals surface area contributed by atoms with Crippen molar-refractivity contribution in [3.05, 3.63) is 30.1 Å². The van der Waals surface area contributed by atoms with Gasteiger partial charge in [0.2, 0.25) is 11.8 Å². The normalized spacial score (nSPS) is 18.2. The van der Waals surface area contributed by atoms with Gasteiger partial charge in [-0.3, -0.25) is 9.59 Å². The van der Waals surface area contributed by atoms with Crippen molar-refractivity contribution in [2.75, 3.05) is 11.4 Å². The van der Waals surface area contributed by atoms with Gasteiger partial charge in [0.1, 0.15) is 17.9 Å². The minimum absolute atomic E-state index is 0.155. The highest BCUT2D eigenvalue weighted by atomic mass is 19.1. The number of benzene rings is 1. The predicted octanol–water partition coefficient (Wildman–Crippen LogP) is 1.87. The number of nitrogens with zero attached hydrogens (tertiary/aromatic N) is 1. The maximum atomic E-state index is 13.2. The van der Waals surface area contributed by atoms with Crippen LogP contribution in [0.5, 0.6) is 0 Å². The summed E-state index contributed by atoms with van der Waals surface area (Å²) in [6, 6.07) is 4.73. The third-order valence-corrected chi connectivity index (χ3v) is 5.34. The van der Waals surface area contributed by atoms with E-state index in [1.54, 1.807) is 12.1 Å². The second-order valence-corrected chi connectivity index (χ2v) is 9.96. The van der Waals surface area contributed by atoms with E-state index in [1.807, 2.05) is 39.5 Å². The van der Waals surface area contributed by atoms with Gasteiger partial charge in [0.15, 0.2) is 0 Å². The van der Waals surface area contributed by atoms with Crippen LogP contribution in [0.4, 0.5) is 10.1 Å². The highest BCUT2D eigenvalue weighted by molar-refractivity contribution is 6.43. The summed E-state index contributed by atoms with van der Waals surface area (Å²) in [4.78, 5) is 27.8. The van der Waals surface area contributed by atoms with Crippen LogP contribution in [-0.4, -0.2) is 53.6 Å². The smallest absolute Gasteiger partial charge is 0.426 e. The molecule has 3 atom stereocenters. The summed E-state index contributed by atoms with van der Waals surface area (Å²) in [7, 11) is -1.68. The van der Waals surface area contributed by atoms with Crippen LogP contribution in [0.15, 0.2) is 24.3 Å². The molecule has 0 unspecified atom stereocenters. The molecule has 0 saturated carbocycles. The van der Waals surface area contributed by atoms with E-state index >= 15 is 0 Å². The van der Waals surface area contributed by atoms with Crippen molar-refractivity contribution >= 4 is 24.6 Å². The van der Waals surface area contributed by atoms with Gasteiger partial charge in [0, 0.05) is 12.2 Å². The van der Waals surface area contributed by atoms with Crippen molar-refractivity contribution < 1.29 is 24.0 Å². The molecule has 1 heterocycles. The largest absolute Gasteiger partial charge is 0.475 e. The van der Waals surface area contributed by atoms with E-state index in [-0.39, 0.29) is 23.1 Å². The van der Waals surface area contributed by atoms with Gasteiger partial charge >= 0.3 is 7.12 Å². The van der Waals surface area contributed by atoms with Crippen molar-refractivity contribution in [3.63, 3.8) is 0 Å². The number of nitrogens with one attached hydrogen (secondary N) is 2. The van der Waals surface area contributed by atoms with Crippen LogP contribution in [0.3, 0.4) is 0 Å². The lowest BCUT2D eigenvalue weighted by Gasteiger charge is -2.42. The molecule has 2 amide bonds. The lowest BCUT2D eigenvalue weighted by Crippen LogP contribution is -2.61. The Morgan fingerprint density at radius 3 is 2.26 bits per heavy atom. The van der Waals surface area contributed by atoms with E-state index in [0.29, 0.717) is 25.8 Å². The molecule has 1 fully saturated rings. The molecule has 9 heteroatoms. The second-order valence-electron chi connectivity index (χ2n) is 9.96. The fourth-order valence-corrected chi connectivity index (χ4v) is 3.74. The average Bonchev–Trinajstić information content (AvgIpc) is 2.59. The van der Waals surface area contributed by atoms with Gasteiger partial charge in [-0.15, -0.1) is 0 Å². The van der Waals surface area contributed by atoms with Crippen LogP contribution in [0, 0.1) is 17.2 Å². The molecule has 31 heavy (non-hydrogen) atoms. The lowest BCUT2D eigenvalue weighted by atomic mass is 9.74. The number of halogens is 1. The van der Waals surface area contributed by atoms with Crippen molar-refractivity contribution in [1.29, 1.82) is 0 Å². The highest BCUT2D eigenvalue weighted by Gasteiger charge is 2.38. The third kappa shape index (κ3) is 7.50. The molecule has 1 saturated heterocycles. The standard InChI is InChI=1S/C22H35BFN3O4/c1-14(2)12-19(23(30)31)26-20(28)17(13-22(3,4)5)25-21(29)18-10-11-27(18)16-8-6-15(24)7-9-16/h6-9,14,17-19,30-31H,10-13H2,1-5H3,(H,25,29)(H,26,28)/t17-,18-,19-/m0/s1. The lowest BCUT2D eigenvalue weighted by molar-refractivity contribution is -0.131. The molecule has 1 aliphatic rings. The first-order valence-corrected chi connectivity index (χ1v) is 10.9. The molecule has 4 N–H and O–H groups in total. The summed E-state index contributed by atoms with van der Waals surface area (Å²) in [6.45, 7) is 10.4. The van der Waals surface area contributed by atoms with Crippen LogP contribution >= 0.6 is 0 Å². The van der Waals surface area contributed by atoms with Gasteiger partial charge in [-0.25, -0.2) is 4.39 Å². The van der Waals surface area contributed by atoms with Crippen LogP contribution in [0.2, 0.25) is 0 Å². The first-order chi connectivity index (χ1) is 14.4. The zero-order chi connectivity index (χ0) is 23.3. The van der Waals surface area contributed by atoms with Gasteiger partial charge in [-0.05, 0) is 54.9 Å². The van der Waals surface area contributed by atoms with Crippen LogP contribution in [0.25, 0.3) is 0 Å². The molecule has 1 aromatic carbocycles. The number of hydrogen-bond donors (Lipinski definition) is 4. The molecular weight excluding hydrogens is 400 g/mol. The van der Waals surface area contributed by atoms with Gasteiger partial charge in [0.25, 0.3) is 0 Å². The predicted molar refractivity (Wildman–Crippen MR) is 120 cm³/mol. The van der Waals surface area contributed by atoms with Gasteiger partial charge < -0.3 is 25.6 Å². The summed E-state index contributed by atoms with van der Waals surface area (Å²) in [6.07, 6.45) is 1.43. The Kier molecular flexibility index (Phi) is 8.48. The maximum absolute atomic E-state index is 13.2. The first-order valence-electron chi connectivity index (χ1n) is 10.9. The van der Waals surface area contributed by atoms with E-state index < -0.39 is 31.1 Å². The monoisotopic (exact) mass is 435 g/mol. The Morgan fingerprint density at radius 2 is 1.81 bits per heavy atom. The molecule has 0 spiro atoms. The summed E-state index contributed by atoms with van der Waals surface area (Å²) in [5, 5.41) is 24.8. The van der Waals surface area contributed by atoms with E-state index in [2.05, 4.69) is 10.6 Å². The van der Waals surface area contributed by atoms with Crippen molar-refractivity contribution in [2.24, 2.45) is 11.3 Å². The molecule has 1 aliphatic heterocycles.